The minimum Gasteiger partial charge on any atom is -0.455 e. The molecule has 0 radical (unpaired) electrons. The smallest absolute Gasteiger partial charge is 0.235 e. The summed E-state index contributed by atoms with van der Waals surface area (Å²) in [5.74, 6) is 2.27. The van der Waals surface area contributed by atoms with E-state index in [4.69, 9.17) is 34.3 Å². The van der Waals surface area contributed by atoms with Gasteiger partial charge in [-0.2, -0.15) is 0 Å². The van der Waals surface area contributed by atoms with Crippen molar-refractivity contribution in [2.24, 2.45) is 0 Å². The van der Waals surface area contributed by atoms with Crippen LogP contribution in [0.15, 0.2) is 465 Å². The van der Waals surface area contributed by atoms with Crippen molar-refractivity contribution < 1.29 is 4.42 Å². The molecule has 0 saturated heterocycles. The number of furan rings is 1. The molecule has 0 bridgehead atoms. The first-order valence-electron chi connectivity index (χ1n) is 51.0. The van der Waals surface area contributed by atoms with E-state index >= 15 is 0 Å². The van der Waals surface area contributed by atoms with Gasteiger partial charge >= 0.3 is 0 Å². The van der Waals surface area contributed by atoms with Crippen LogP contribution < -0.4 is 0 Å². The van der Waals surface area contributed by atoms with Gasteiger partial charge in [0.25, 0.3) is 0 Å². The van der Waals surface area contributed by atoms with Crippen molar-refractivity contribution in [3.63, 3.8) is 0 Å². The molecular formula is C136H76N12OS. The highest BCUT2D eigenvalue weighted by Gasteiger charge is 2.32. The Morgan fingerprint density at radius 3 is 1.03 bits per heavy atom. The Bertz CT molecular complexity index is 12200. The molecule has 22 aromatic carbocycles. The zero-order valence-corrected chi connectivity index (χ0v) is 80.9. The quantitative estimate of drug-likeness (QED) is 0.156. The van der Waals surface area contributed by atoms with Crippen LogP contribution in [0.5, 0.6) is 0 Å². The molecule has 13 nitrogen and oxygen atoms in total. The fraction of sp³-hybridized carbons (Fsp3) is 0. The van der Waals surface area contributed by atoms with Gasteiger partial charge in [0.15, 0.2) is 11.6 Å². The predicted molar refractivity (Wildman–Crippen MR) is 625 cm³/mol. The summed E-state index contributed by atoms with van der Waals surface area (Å²) >= 11 is 1.84. The van der Waals surface area contributed by atoms with E-state index in [1.165, 1.54) is 183 Å². The highest BCUT2D eigenvalue weighted by molar-refractivity contribution is 7.26. The highest BCUT2D eigenvalue weighted by Crippen LogP contribution is 2.53. The van der Waals surface area contributed by atoms with Crippen molar-refractivity contribution >= 4 is 277 Å². The summed E-state index contributed by atoms with van der Waals surface area (Å²) in [5, 5.41) is 30.4. The number of thiophene rings is 1. The van der Waals surface area contributed by atoms with Gasteiger partial charge in [-0.1, -0.05) is 340 Å². The van der Waals surface area contributed by atoms with Gasteiger partial charge in [-0.15, -0.1) is 11.3 Å². The van der Waals surface area contributed by atoms with Crippen LogP contribution in [0.4, 0.5) is 0 Å². The fourth-order valence-electron chi connectivity index (χ4n) is 25.9. The highest BCUT2D eigenvalue weighted by atomic mass is 32.1. The van der Waals surface area contributed by atoms with Gasteiger partial charge in [0, 0.05) is 134 Å². The molecule has 0 saturated carbocycles. The summed E-state index contributed by atoms with van der Waals surface area (Å²) in [7, 11) is 0. The standard InChI is InChI=1S/C48H28N4.C44H24N4O.C44H24N4S/c1-2-13-29(14-3-1)30-27-28-35(32-16-5-4-15-31(30)32)46-48(50-39-22-8-7-21-38(39)49-46)52-41-24-11-18-34-37-20-10-19-36-33-17-6-9-23-40(33)51(47(36)37)42-25-12-26-43(52)45(42)44(34)41;1-5-20-34-25(11-1)28-14-7-15-29-27-13-9-21-35-39(27)40-36(47(34)42(28)29)22-10-23-37(40)48(35)44-41(45-32-18-3-4-19-33(32)46-44)31-17-8-16-30-26-12-2-6-24-38(26)49-43(30)31;1-4-19-33-31(13-1)41(32-18-8-17-30-26-12-3-6-24-38(26)49-43(30)32)46-44(45-33)48-35-21-9-14-27-29-16-7-15-28-25-11-2-5-20-34(25)47(42(28)29)36-22-10-23-37(48)40(36)39(27)35/h1-28H;2*1-24H. The minimum atomic E-state index is 0.678. The third-order valence-corrected chi connectivity index (χ3v) is 33.2. The van der Waals surface area contributed by atoms with E-state index in [0.29, 0.717) is 5.95 Å². The molecule has 150 heavy (non-hydrogen) atoms. The molecule has 0 amide bonds. The first-order chi connectivity index (χ1) is 74.5. The molecule has 0 aliphatic heterocycles. The van der Waals surface area contributed by atoms with Gasteiger partial charge in [0.2, 0.25) is 5.95 Å². The number of rotatable bonds is 7. The lowest BCUT2D eigenvalue weighted by Crippen LogP contribution is -2.04. The lowest BCUT2D eigenvalue weighted by molar-refractivity contribution is 0.669. The number of benzene rings is 22. The van der Waals surface area contributed by atoms with Gasteiger partial charge in [-0.3, -0.25) is 13.7 Å². The summed E-state index contributed by atoms with van der Waals surface area (Å²) < 4.78 is 23.5. The zero-order chi connectivity index (χ0) is 97.5. The zero-order valence-electron chi connectivity index (χ0n) is 80.1. The third kappa shape index (κ3) is 11.2. The third-order valence-electron chi connectivity index (χ3n) is 32.0. The van der Waals surface area contributed by atoms with Gasteiger partial charge in [0.05, 0.1) is 116 Å². The molecule has 0 unspecified atom stereocenters. The van der Waals surface area contributed by atoms with Crippen LogP contribution in [-0.2, 0) is 0 Å². The second-order valence-electron chi connectivity index (χ2n) is 39.6. The average molecular weight is 1930 g/mol. The number of fused-ring (bicyclic) bond motifs is 25. The summed E-state index contributed by atoms with van der Waals surface area (Å²) in [4.78, 5) is 32.6. The number of hydrogen-bond acceptors (Lipinski definition) is 8. The summed E-state index contributed by atoms with van der Waals surface area (Å²) in [6.45, 7) is 0. The molecule has 0 aliphatic carbocycles. The molecular weight excluding hydrogens is 1850 g/mol. The second kappa shape index (κ2) is 30.8. The lowest BCUT2D eigenvalue weighted by Gasteiger charge is -2.17. The van der Waals surface area contributed by atoms with E-state index in [0.717, 1.165) is 139 Å². The molecule has 0 N–H and O–H groups in total. The largest absolute Gasteiger partial charge is 0.455 e. The first kappa shape index (κ1) is 81.4. The molecule has 14 aromatic heterocycles. The topological polar surface area (TPSA) is 118 Å². The van der Waals surface area contributed by atoms with Crippen LogP contribution in [0, 0.1) is 0 Å². The van der Waals surface area contributed by atoms with Crippen molar-refractivity contribution in [3.8, 4) is 62.5 Å². The number of para-hydroxylation sites is 13. The molecule has 0 fully saturated rings. The summed E-state index contributed by atoms with van der Waals surface area (Å²) in [5.41, 5.74) is 31.6. The van der Waals surface area contributed by atoms with Gasteiger partial charge < -0.3 is 17.6 Å². The SMILES string of the molecule is c1ccc(-c2ccc(-c3nc4ccccc4nc3-n3c4cccc5c6cccc7c8ccccc8n(c8cccc3c8c54)c67)c3ccccc23)cc1.c1ccc2c(-c3cccc4c3sc3ccccc34)nc(-n3c4cccc5c6cccc7c8ccccc8n(c8cccc3c8c54)c67)nc2c1.c1ccc2nc(-n3c4cccc5c6cccc7c8ccccc8n(c8cccc3c8c54)c67)c(-c3cccc4c3oc3ccccc34)nc2c1. The van der Waals surface area contributed by atoms with E-state index in [1.54, 1.807) is 0 Å². The second-order valence-corrected chi connectivity index (χ2v) is 40.6. The Kier molecular flexibility index (Phi) is 16.7. The molecule has 36 rings (SSSR count). The molecule has 36 aromatic rings. The first-order valence-corrected chi connectivity index (χ1v) is 51.8. The molecule has 14 heteroatoms. The Labute approximate surface area is 855 Å². The predicted octanol–water partition coefficient (Wildman–Crippen LogP) is 35.7. The van der Waals surface area contributed by atoms with Crippen LogP contribution in [0.3, 0.4) is 0 Å². The number of aromatic nitrogens is 12. The Balaban J connectivity index is 0.0000000957. The number of nitrogens with zero attached hydrogens (tertiary/aromatic N) is 12. The Morgan fingerprint density at radius 2 is 0.513 bits per heavy atom. The van der Waals surface area contributed by atoms with E-state index in [9.17, 15) is 0 Å². The Morgan fingerprint density at radius 1 is 0.180 bits per heavy atom. The molecule has 0 aliphatic rings. The van der Waals surface area contributed by atoms with E-state index in [2.05, 4.69) is 439 Å². The van der Waals surface area contributed by atoms with E-state index in [-0.39, 0.29) is 0 Å². The molecule has 0 atom stereocenters. The van der Waals surface area contributed by atoms with Crippen LogP contribution >= 0.6 is 11.3 Å². The van der Waals surface area contributed by atoms with Crippen molar-refractivity contribution in [2.45, 2.75) is 0 Å². The fourth-order valence-corrected chi connectivity index (χ4v) is 27.1. The van der Waals surface area contributed by atoms with Gasteiger partial charge in [0.1, 0.15) is 22.6 Å². The summed E-state index contributed by atoms with van der Waals surface area (Å²) in [6, 6.07) is 165. The van der Waals surface area contributed by atoms with Crippen LogP contribution in [-0.4, -0.2) is 56.8 Å². The van der Waals surface area contributed by atoms with Crippen LogP contribution in [0.2, 0.25) is 0 Å². The van der Waals surface area contributed by atoms with Crippen LogP contribution in [0.25, 0.3) is 328 Å². The van der Waals surface area contributed by atoms with Crippen molar-refractivity contribution in [2.75, 3.05) is 0 Å². The maximum atomic E-state index is 6.59. The van der Waals surface area contributed by atoms with E-state index < -0.39 is 0 Å². The van der Waals surface area contributed by atoms with E-state index in [1.807, 2.05) is 59.9 Å². The maximum Gasteiger partial charge on any atom is 0.235 e. The van der Waals surface area contributed by atoms with Crippen molar-refractivity contribution in [3.05, 3.63) is 461 Å². The Hall–Kier alpha value is -20.1. The lowest BCUT2D eigenvalue weighted by atomic mass is 9.93. The van der Waals surface area contributed by atoms with Crippen molar-refractivity contribution in [1.29, 1.82) is 0 Å². The maximum absolute atomic E-state index is 6.59. The molecule has 0 spiro atoms. The normalized spacial score (nSPS) is 12.4. The van der Waals surface area contributed by atoms with Crippen molar-refractivity contribution in [1.82, 2.24) is 56.8 Å². The summed E-state index contributed by atoms with van der Waals surface area (Å²) in [6.07, 6.45) is 0. The molecule has 692 valence electrons. The monoisotopic (exact) mass is 1920 g/mol. The van der Waals surface area contributed by atoms with Crippen LogP contribution in [0.1, 0.15) is 0 Å². The van der Waals surface area contributed by atoms with Gasteiger partial charge in [-0.25, -0.2) is 29.9 Å². The minimum absolute atomic E-state index is 0.678. The van der Waals surface area contributed by atoms with Gasteiger partial charge in [-0.05, 0) is 159 Å². The average Bonchev–Trinajstić information content (AvgIpc) is 1.53. The number of hydrogen-bond donors (Lipinski definition) is 0. The molecule has 14 heterocycles.